The molecule has 0 aromatic heterocycles. The Labute approximate surface area is 99.3 Å². The number of benzene rings is 1. The Balaban J connectivity index is 2.90. The van der Waals surface area contributed by atoms with Gasteiger partial charge in [-0.15, -0.1) is 0 Å². The molecule has 0 saturated carbocycles. The molecule has 0 aliphatic heterocycles. The number of aryl methyl sites for hydroxylation is 1. The van der Waals surface area contributed by atoms with Crippen molar-refractivity contribution in [3.05, 3.63) is 17.7 Å². The van der Waals surface area contributed by atoms with Gasteiger partial charge in [-0.3, -0.25) is 4.79 Å². The predicted octanol–water partition coefficient (Wildman–Crippen LogP) is 1.90. The third-order valence-corrected chi connectivity index (χ3v) is 2.46. The summed E-state index contributed by atoms with van der Waals surface area (Å²) in [4.78, 5) is 10.9. The van der Waals surface area contributed by atoms with E-state index in [1.54, 1.807) is 13.0 Å². The number of aliphatic carboxylic acids is 1. The summed E-state index contributed by atoms with van der Waals surface area (Å²) in [6, 6.07) is 2.93. The van der Waals surface area contributed by atoms with E-state index in [2.05, 4.69) is 0 Å². The maximum atomic E-state index is 10.9. The smallest absolute Gasteiger partial charge is 0.312 e. The highest BCUT2D eigenvalue weighted by Crippen LogP contribution is 2.38. The van der Waals surface area contributed by atoms with E-state index < -0.39 is 11.4 Å². The Bertz CT molecular complexity index is 437. The summed E-state index contributed by atoms with van der Waals surface area (Å²) < 4.78 is 5.28. The maximum Gasteiger partial charge on any atom is 0.312 e. The SMILES string of the molecule is Cc1ccc(O)c(O)c1OCC(C)(C)C(=O)O. The highest BCUT2D eigenvalue weighted by atomic mass is 16.5. The van der Waals surface area contributed by atoms with Crippen LogP contribution in [0, 0.1) is 12.3 Å². The van der Waals surface area contributed by atoms with E-state index in [9.17, 15) is 15.0 Å². The summed E-state index contributed by atoms with van der Waals surface area (Å²) in [5.41, 5.74) is -0.439. The minimum Gasteiger partial charge on any atom is -0.504 e. The summed E-state index contributed by atoms with van der Waals surface area (Å²) >= 11 is 0. The van der Waals surface area contributed by atoms with Crippen LogP contribution in [0.2, 0.25) is 0 Å². The van der Waals surface area contributed by atoms with E-state index in [0.717, 1.165) is 0 Å². The van der Waals surface area contributed by atoms with Gasteiger partial charge in [-0.2, -0.15) is 0 Å². The van der Waals surface area contributed by atoms with Gasteiger partial charge in [0.15, 0.2) is 11.5 Å². The quantitative estimate of drug-likeness (QED) is 0.699. The molecule has 0 radical (unpaired) electrons. The maximum absolute atomic E-state index is 10.9. The van der Waals surface area contributed by atoms with E-state index >= 15 is 0 Å². The number of ether oxygens (including phenoxy) is 1. The number of carboxylic acids is 1. The third kappa shape index (κ3) is 2.81. The molecular weight excluding hydrogens is 224 g/mol. The molecule has 0 spiro atoms. The van der Waals surface area contributed by atoms with Crippen molar-refractivity contribution in [2.75, 3.05) is 6.61 Å². The first-order chi connectivity index (χ1) is 7.75. The molecular formula is C12H16O5. The van der Waals surface area contributed by atoms with Crippen LogP contribution in [0.4, 0.5) is 0 Å². The van der Waals surface area contributed by atoms with Gasteiger partial charge in [0.2, 0.25) is 5.75 Å². The molecule has 0 aliphatic rings. The first kappa shape index (κ1) is 13.2. The molecule has 1 rings (SSSR count). The van der Waals surface area contributed by atoms with Gasteiger partial charge in [0, 0.05) is 0 Å². The summed E-state index contributed by atoms with van der Waals surface area (Å²) in [6.07, 6.45) is 0. The van der Waals surface area contributed by atoms with Crippen LogP contribution < -0.4 is 4.74 Å². The number of phenolic OH excluding ortho intramolecular Hbond substituents is 2. The zero-order valence-corrected chi connectivity index (χ0v) is 10.0. The first-order valence-electron chi connectivity index (χ1n) is 5.13. The molecule has 5 nitrogen and oxygen atoms in total. The van der Waals surface area contributed by atoms with Crippen molar-refractivity contribution in [1.82, 2.24) is 0 Å². The molecule has 17 heavy (non-hydrogen) atoms. The fraction of sp³-hybridized carbons (Fsp3) is 0.417. The van der Waals surface area contributed by atoms with Crippen LogP contribution in [0.3, 0.4) is 0 Å². The lowest BCUT2D eigenvalue weighted by Gasteiger charge is -2.20. The summed E-state index contributed by atoms with van der Waals surface area (Å²) in [5.74, 6) is -1.54. The number of rotatable bonds is 4. The van der Waals surface area contributed by atoms with E-state index in [1.807, 2.05) is 0 Å². The number of carbonyl (C=O) groups is 1. The van der Waals surface area contributed by atoms with Crippen molar-refractivity contribution in [2.24, 2.45) is 5.41 Å². The lowest BCUT2D eigenvalue weighted by atomic mass is 9.95. The fourth-order valence-corrected chi connectivity index (χ4v) is 1.16. The summed E-state index contributed by atoms with van der Waals surface area (Å²) in [5, 5.41) is 27.8. The van der Waals surface area contributed by atoms with Crippen molar-refractivity contribution >= 4 is 5.97 Å². The average Bonchev–Trinajstić information content (AvgIpc) is 2.23. The highest BCUT2D eigenvalue weighted by molar-refractivity contribution is 5.73. The van der Waals surface area contributed by atoms with Gasteiger partial charge >= 0.3 is 5.97 Å². The van der Waals surface area contributed by atoms with E-state index in [4.69, 9.17) is 9.84 Å². The second kappa shape index (κ2) is 4.53. The fourth-order valence-electron chi connectivity index (χ4n) is 1.16. The van der Waals surface area contributed by atoms with Crippen LogP contribution in [-0.4, -0.2) is 27.9 Å². The molecule has 0 atom stereocenters. The van der Waals surface area contributed by atoms with Gasteiger partial charge < -0.3 is 20.1 Å². The molecule has 0 saturated heterocycles. The topological polar surface area (TPSA) is 87.0 Å². The number of carboxylic acid groups (broad SMARTS) is 1. The van der Waals surface area contributed by atoms with Crippen molar-refractivity contribution in [3.8, 4) is 17.2 Å². The predicted molar refractivity (Wildman–Crippen MR) is 61.4 cm³/mol. The number of phenols is 2. The van der Waals surface area contributed by atoms with Crippen molar-refractivity contribution in [3.63, 3.8) is 0 Å². The molecule has 0 heterocycles. The average molecular weight is 240 g/mol. The minimum absolute atomic E-state index is 0.0970. The second-order valence-electron chi connectivity index (χ2n) is 4.56. The molecule has 3 N–H and O–H groups in total. The van der Waals surface area contributed by atoms with Gasteiger partial charge in [0.05, 0.1) is 5.41 Å². The Kier molecular flexibility index (Phi) is 3.50. The largest absolute Gasteiger partial charge is 0.504 e. The lowest BCUT2D eigenvalue weighted by molar-refractivity contribution is -0.148. The zero-order valence-electron chi connectivity index (χ0n) is 10.0. The molecule has 0 unspecified atom stereocenters. The normalized spacial score (nSPS) is 11.2. The third-order valence-electron chi connectivity index (χ3n) is 2.46. The van der Waals surface area contributed by atoms with Crippen LogP contribution in [0.25, 0.3) is 0 Å². The molecule has 94 valence electrons. The van der Waals surface area contributed by atoms with Crippen LogP contribution >= 0.6 is 0 Å². The van der Waals surface area contributed by atoms with Crippen LogP contribution in [-0.2, 0) is 4.79 Å². The Hall–Kier alpha value is -1.91. The lowest BCUT2D eigenvalue weighted by Crippen LogP contribution is -2.30. The molecule has 0 fully saturated rings. The Morgan fingerprint density at radius 3 is 2.47 bits per heavy atom. The highest BCUT2D eigenvalue weighted by Gasteiger charge is 2.29. The van der Waals surface area contributed by atoms with Gasteiger partial charge in [0.25, 0.3) is 0 Å². The number of hydrogen-bond acceptors (Lipinski definition) is 4. The van der Waals surface area contributed by atoms with Crippen LogP contribution in [0.15, 0.2) is 12.1 Å². The van der Waals surface area contributed by atoms with Gasteiger partial charge in [-0.05, 0) is 32.4 Å². The molecule has 5 heteroatoms. The first-order valence-corrected chi connectivity index (χ1v) is 5.13. The van der Waals surface area contributed by atoms with Crippen molar-refractivity contribution in [2.45, 2.75) is 20.8 Å². The number of aromatic hydroxyl groups is 2. The van der Waals surface area contributed by atoms with Crippen molar-refractivity contribution < 1.29 is 24.9 Å². The Morgan fingerprint density at radius 1 is 1.35 bits per heavy atom. The molecule has 1 aromatic rings. The minimum atomic E-state index is -1.07. The van der Waals surface area contributed by atoms with Crippen LogP contribution in [0.1, 0.15) is 19.4 Å². The second-order valence-corrected chi connectivity index (χ2v) is 4.56. The van der Waals surface area contributed by atoms with Gasteiger partial charge in [0.1, 0.15) is 6.61 Å². The number of hydrogen-bond donors (Lipinski definition) is 3. The van der Waals surface area contributed by atoms with E-state index in [-0.39, 0.29) is 23.9 Å². The van der Waals surface area contributed by atoms with Gasteiger partial charge in [-0.1, -0.05) is 6.07 Å². The molecule has 0 bridgehead atoms. The molecule has 0 amide bonds. The standard InChI is InChI=1S/C12H16O5/c1-7-4-5-8(13)9(14)10(7)17-6-12(2,3)11(15)16/h4-5,13-14H,6H2,1-3H3,(H,15,16). The van der Waals surface area contributed by atoms with E-state index in [0.29, 0.717) is 5.56 Å². The monoisotopic (exact) mass is 240 g/mol. The van der Waals surface area contributed by atoms with Crippen molar-refractivity contribution in [1.29, 1.82) is 0 Å². The molecule has 0 aliphatic carbocycles. The van der Waals surface area contributed by atoms with Crippen LogP contribution in [0.5, 0.6) is 17.2 Å². The van der Waals surface area contributed by atoms with E-state index in [1.165, 1.54) is 19.9 Å². The summed E-state index contributed by atoms with van der Waals surface area (Å²) in [7, 11) is 0. The van der Waals surface area contributed by atoms with Gasteiger partial charge in [-0.25, -0.2) is 0 Å². The zero-order chi connectivity index (χ0) is 13.2. The summed E-state index contributed by atoms with van der Waals surface area (Å²) in [6.45, 7) is 4.64. The Morgan fingerprint density at radius 2 is 1.94 bits per heavy atom. The molecule has 1 aromatic carbocycles.